The van der Waals surface area contributed by atoms with Crippen LogP contribution in [0.15, 0.2) is 72.8 Å². The van der Waals surface area contributed by atoms with Gasteiger partial charge >= 0.3 is 5.97 Å². The maximum Gasteiger partial charge on any atom is 0.331 e. The Bertz CT molecular complexity index is 1010. The van der Waals surface area contributed by atoms with Crippen LogP contribution in [0.25, 0.3) is 16.8 Å². The van der Waals surface area contributed by atoms with Crippen LogP contribution in [-0.4, -0.2) is 18.0 Å². The number of amides is 1. The smallest absolute Gasteiger partial charge is 0.331 e. The summed E-state index contributed by atoms with van der Waals surface area (Å²) in [4.78, 5) is 24.1. The molecule has 136 valence electrons. The molecule has 0 aliphatic rings. The van der Waals surface area contributed by atoms with Crippen LogP contribution in [0, 0.1) is 5.82 Å². The molecule has 0 saturated carbocycles. The van der Waals surface area contributed by atoms with Gasteiger partial charge in [0.25, 0.3) is 5.91 Å². The summed E-state index contributed by atoms with van der Waals surface area (Å²) in [5, 5.41) is 4.78. The Morgan fingerprint density at radius 1 is 1.00 bits per heavy atom. The normalized spacial score (nSPS) is 12.1. The van der Waals surface area contributed by atoms with Gasteiger partial charge in [0.2, 0.25) is 0 Å². The van der Waals surface area contributed by atoms with E-state index in [0.29, 0.717) is 5.69 Å². The van der Waals surface area contributed by atoms with Gasteiger partial charge in [-0.05, 0) is 42.0 Å². The van der Waals surface area contributed by atoms with Crippen LogP contribution in [0.2, 0.25) is 0 Å². The number of nitrogens with one attached hydrogen (secondary N) is 1. The first-order valence-corrected chi connectivity index (χ1v) is 8.46. The lowest BCUT2D eigenvalue weighted by Crippen LogP contribution is -2.29. The number of benzene rings is 3. The van der Waals surface area contributed by atoms with Crippen molar-refractivity contribution < 1.29 is 18.7 Å². The first kappa shape index (κ1) is 18.3. The van der Waals surface area contributed by atoms with Crippen LogP contribution in [0.4, 0.5) is 10.1 Å². The van der Waals surface area contributed by atoms with Crippen LogP contribution in [0.3, 0.4) is 0 Å². The van der Waals surface area contributed by atoms with E-state index in [-0.39, 0.29) is 5.56 Å². The molecule has 0 aliphatic carbocycles. The minimum absolute atomic E-state index is 0.266. The Labute approximate surface area is 156 Å². The second-order valence-corrected chi connectivity index (χ2v) is 5.99. The van der Waals surface area contributed by atoms with Crippen LogP contribution in [-0.2, 0) is 14.3 Å². The first-order chi connectivity index (χ1) is 13.0. The summed E-state index contributed by atoms with van der Waals surface area (Å²) in [7, 11) is 0. The standard InChI is InChI=1S/C22H18FNO3/c1-15(27-21(25)13-11-17-7-4-5-9-20(17)23)22(26)24-19-12-10-16-6-2-3-8-18(16)14-19/h2-15H,1H3,(H,24,26)/b13-11+/t15-/m0/s1. The second kappa shape index (κ2) is 8.27. The van der Waals surface area contributed by atoms with Gasteiger partial charge in [-0.3, -0.25) is 4.79 Å². The predicted octanol–water partition coefficient (Wildman–Crippen LogP) is 4.56. The third-order valence-electron chi connectivity index (χ3n) is 3.98. The molecule has 0 fully saturated rings. The highest BCUT2D eigenvalue weighted by atomic mass is 19.1. The van der Waals surface area contributed by atoms with Crippen molar-refractivity contribution in [2.45, 2.75) is 13.0 Å². The van der Waals surface area contributed by atoms with Gasteiger partial charge in [0.05, 0.1) is 0 Å². The van der Waals surface area contributed by atoms with Crippen molar-refractivity contribution in [1.82, 2.24) is 0 Å². The molecule has 27 heavy (non-hydrogen) atoms. The Hall–Kier alpha value is -3.47. The number of hydrogen-bond donors (Lipinski definition) is 1. The fourth-order valence-electron chi connectivity index (χ4n) is 2.55. The zero-order valence-electron chi connectivity index (χ0n) is 14.7. The Kier molecular flexibility index (Phi) is 5.61. The molecular formula is C22H18FNO3. The molecule has 0 bridgehead atoms. The lowest BCUT2D eigenvalue weighted by molar-refractivity contribution is -0.148. The predicted molar refractivity (Wildman–Crippen MR) is 104 cm³/mol. The van der Waals surface area contributed by atoms with Crippen molar-refractivity contribution in [3.05, 3.63) is 84.2 Å². The maximum atomic E-state index is 13.5. The van der Waals surface area contributed by atoms with Crippen molar-refractivity contribution >= 4 is 34.4 Å². The topological polar surface area (TPSA) is 55.4 Å². The highest BCUT2D eigenvalue weighted by molar-refractivity contribution is 5.98. The molecule has 0 spiro atoms. The zero-order valence-corrected chi connectivity index (χ0v) is 14.7. The third kappa shape index (κ3) is 4.79. The van der Waals surface area contributed by atoms with Gasteiger partial charge in [-0.1, -0.05) is 48.5 Å². The summed E-state index contributed by atoms with van der Waals surface area (Å²) in [6, 6.07) is 19.4. The third-order valence-corrected chi connectivity index (χ3v) is 3.98. The summed E-state index contributed by atoms with van der Waals surface area (Å²) in [5.74, 6) is -1.61. The van der Waals surface area contributed by atoms with E-state index in [1.807, 2.05) is 36.4 Å². The van der Waals surface area contributed by atoms with Gasteiger partial charge in [-0.25, -0.2) is 9.18 Å². The van der Waals surface area contributed by atoms with Gasteiger partial charge in [0, 0.05) is 17.3 Å². The second-order valence-electron chi connectivity index (χ2n) is 5.99. The van der Waals surface area contributed by atoms with E-state index in [9.17, 15) is 14.0 Å². The Balaban J connectivity index is 1.59. The molecule has 0 unspecified atom stereocenters. The van der Waals surface area contributed by atoms with Crippen molar-refractivity contribution in [2.75, 3.05) is 5.32 Å². The summed E-state index contributed by atoms with van der Waals surface area (Å²) >= 11 is 0. The molecule has 1 atom stereocenters. The van der Waals surface area contributed by atoms with E-state index in [2.05, 4.69) is 5.32 Å². The van der Waals surface area contributed by atoms with Crippen molar-refractivity contribution in [3.63, 3.8) is 0 Å². The highest BCUT2D eigenvalue weighted by Gasteiger charge is 2.16. The molecule has 4 nitrogen and oxygen atoms in total. The number of anilines is 1. The van der Waals surface area contributed by atoms with E-state index in [1.54, 1.807) is 18.2 Å². The molecule has 5 heteroatoms. The van der Waals surface area contributed by atoms with Gasteiger partial charge in [-0.2, -0.15) is 0 Å². The molecular weight excluding hydrogens is 345 g/mol. The van der Waals surface area contributed by atoms with E-state index in [0.717, 1.165) is 16.8 Å². The fraction of sp³-hybridized carbons (Fsp3) is 0.0909. The van der Waals surface area contributed by atoms with Gasteiger partial charge in [0.15, 0.2) is 6.10 Å². The van der Waals surface area contributed by atoms with Crippen LogP contribution in [0.5, 0.6) is 0 Å². The number of ether oxygens (including phenoxy) is 1. The molecule has 3 aromatic carbocycles. The summed E-state index contributed by atoms with van der Waals surface area (Å²) in [5.41, 5.74) is 0.881. The van der Waals surface area contributed by atoms with Gasteiger partial charge in [-0.15, -0.1) is 0 Å². The monoisotopic (exact) mass is 363 g/mol. The number of halogens is 1. The molecule has 0 heterocycles. The molecule has 3 aromatic rings. The van der Waals surface area contributed by atoms with Crippen LogP contribution in [0.1, 0.15) is 12.5 Å². The summed E-state index contributed by atoms with van der Waals surface area (Å²) < 4.78 is 18.6. The minimum atomic E-state index is -0.991. The van der Waals surface area contributed by atoms with Crippen LogP contribution < -0.4 is 5.32 Å². The van der Waals surface area contributed by atoms with E-state index in [4.69, 9.17) is 4.74 Å². The van der Waals surface area contributed by atoms with Crippen molar-refractivity contribution in [2.24, 2.45) is 0 Å². The van der Waals surface area contributed by atoms with Crippen molar-refractivity contribution in [3.8, 4) is 0 Å². The molecule has 3 rings (SSSR count). The molecule has 0 radical (unpaired) electrons. The zero-order chi connectivity index (χ0) is 19.2. The largest absolute Gasteiger partial charge is 0.449 e. The molecule has 0 aliphatic heterocycles. The lowest BCUT2D eigenvalue weighted by Gasteiger charge is -2.13. The molecule has 0 aromatic heterocycles. The number of esters is 1. The Morgan fingerprint density at radius 3 is 2.48 bits per heavy atom. The average molecular weight is 363 g/mol. The number of rotatable bonds is 5. The number of hydrogen-bond acceptors (Lipinski definition) is 3. The fourth-order valence-corrected chi connectivity index (χ4v) is 2.55. The SMILES string of the molecule is C[C@H](OC(=O)/C=C/c1ccccc1F)C(=O)Nc1ccc2ccccc2c1. The van der Waals surface area contributed by atoms with Gasteiger partial charge < -0.3 is 10.1 Å². The number of fused-ring (bicyclic) bond motifs is 1. The summed E-state index contributed by atoms with van der Waals surface area (Å²) in [6.07, 6.45) is 1.42. The Morgan fingerprint density at radius 2 is 1.70 bits per heavy atom. The average Bonchev–Trinajstić information content (AvgIpc) is 2.67. The first-order valence-electron chi connectivity index (χ1n) is 8.46. The molecule has 0 saturated heterocycles. The number of carbonyl (C=O) groups is 2. The van der Waals surface area contributed by atoms with Crippen molar-refractivity contribution in [1.29, 1.82) is 0 Å². The molecule has 1 N–H and O–H groups in total. The maximum absolute atomic E-state index is 13.5. The van der Waals surface area contributed by atoms with Gasteiger partial charge in [0.1, 0.15) is 5.82 Å². The van der Waals surface area contributed by atoms with E-state index < -0.39 is 23.8 Å². The van der Waals surface area contributed by atoms with Crippen LogP contribution >= 0.6 is 0 Å². The highest BCUT2D eigenvalue weighted by Crippen LogP contribution is 2.19. The molecule has 1 amide bonds. The minimum Gasteiger partial charge on any atom is -0.449 e. The lowest BCUT2D eigenvalue weighted by atomic mass is 10.1. The van der Waals surface area contributed by atoms with E-state index in [1.165, 1.54) is 25.1 Å². The van der Waals surface area contributed by atoms with E-state index >= 15 is 0 Å². The number of carbonyl (C=O) groups excluding carboxylic acids is 2. The summed E-state index contributed by atoms with van der Waals surface area (Å²) in [6.45, 7) is 1.48. The quantitative estimate of drug-likeness (QED) is 0.534.